The molecule has 0 atom stereocenters. The molecule has 3 aromatic rings. The van der Waals surface area contributed by atoms with E-state index in [1.807, 2.05) is 30.3 Å². The van der Waals surface area contributed by atoms with Gasteiger partial charge in [0.25, 0.3) is 10.0 Å². The lowest BCUT2D eigenvalue weighted by atomic mass is 10.2. The molecule has 0 radical (unpaired) electrons. The van der Waals surface area contributed by atoms with Crippen molar-refractivity contribution >= 4 is 27.0 Å². The zero-order valence-electron chi connectivity index (χ0n) is 13.8. The number of aromatic nitrogens is 1. The molecule has 0 aliphatic carbocycles. The van der Waals surface area contributed by atoms with Crippen molar-refractivity contribution in [2.24, 2.45) is 5.73 Å². The van der Waals surface area contributed by atoms with Crippen molar-refractivity contribution in [1.82, 2.24) is 9.45 Å². The SMILES string of the molecule is NC(=O)N(OCc1ccc2ccccc2n1)S(=O)(=O)Cc1ccccc1. The maximum absolute atomic E-state index is 12.5. The summed E-state index contributed by atoms with van der Waals surface area (Å²) in [4.78, 5) is 21.2. The Kier molecular flexibility index (Phi) is 5.15. The summed E-state index contributed by atoms with van der Waals surface area (Å²) in [6.45, 7) is -0.207. The van der Waals surface area contributed by atoms with Gasteiger partial charge in [-0.2, -0.15) is 0 Å². The number of pyridine rings is 1. The second kappa shape index (κ2) is 7.51. The number of nitrogens with zero attached hydrogens (tertiary/aromatic N) is 2. The predicted octanol–water partition coefficient (Wildman–Crippen LogP) is 2.58. The first-order valence-corrected chi connectivity index (χ1v) is 9.40. The van der Waals surface area contributed by atoms with Gasteiger partial charge in [-0.3, -0.25) is 4.98 Å². The molecule has 26 heavy (non-hydrogen) atoms. The van der Waals surface area contributed by atoms with Gasteiger partial charge >= 0.3 is 6.03 Å². The Labute approximate surface area is 151 Å². The number of primary amides is 1. The molecule has 0 aliphatic heterocycles. The lowest BCUT2D eigenvalue weighted by Gasteiger charge is -2.19. The Balaban J connectivity index is 1.76. The maximum atomic E-state index is 12.5. The van der Waals surface area contributed by atoms with Crippen molar-refractivity contribution in [2.45, 2.75) is 12.4 Å². The van der Waals surface area contributed by atoms with E-state index in [4.69, 9.17) is 10.6 Å². The van der Waals surface area contributed by atoms with Crippen LogP contribution < -0.4 is 5.73 Å². The highest BCUT2D eigenvalue weighted by molar-refractivity contribution is 7.88. The summed E-state index contributed by atoms with van der Waals surface area (Å²) in [7, 11) is -4.08. The molecule has 0 aliphatic rings. The minimum absolute atomic E-state index is 0.207. The number of para-hydroxylation sites is 1. The van der Waals surface area contributed by atoms with Crippen LogP contribution in [0.2, 0.25) is 0 Å². The number of carbonyl (C=O) groups excluding carboxylic acids is 1. The lowest BCUT2D eigenvalue weighted by Crippen LogP contribution is -2.41. The Morgan fingerprint density at radius 1 is 1.00 bits per heavy atom. The third kappa shape index (κ3) is 4.16. The van der Waals surface area contributed by atoms with Crippen LogP contribution in [0.15, 0.2) is 66.7 Å². The van der Waals surface area contributed by atoms with Gasteiger partial charge in [0.15, 0.2) is 0 Å². The van der Waals surface area contributed by atoms with Crippen molar-refractivity contribution in [3.8, 4) is 0 Å². The molecule has 7 nitrogen and oxygen atoms in total. The Morgan fingerprint density at radius 3 is 2.42 bits per heavy atom. The highest BCUT2D eigenvalue weighted by Crippen LogP contribution is 2.15. The summed E-state index contributed by atoms with van der Waals surface area (Å²) in [6, 6.07) is 18.3. The van der Waals surface area contributed by atoms with E-state index < -0.39 is 21.8 Å². The molecule has 0 saturated heterocycles. The van der Waals surface area contributed by atoms with Gasteiger partial charge in [-0.25, -0.2) is 18.0 Å². The van der Waals surface area contributed by atoms with Gasteiger partial charge in [-0.15, -0.1) is 0 Å². The summed E-state index contributed by atoms with van der Waals surface area (Å²) >= 11 is 0. The first-order valence-electron chi connectivity index (χ1n) is 7.80. The normalized spacial score (nSPS) is 11.4. The second-order valence-electron chi connectivity index (χ2n) is 5.58. The standard InChI is InChI=1S/C18H17N3O4S/c19-18(22)21(26(23,24)13-14-6-2-1-3-7-14)25-12-16-11-10-15-8-4-5-9-17(15)20-16/h1-11H,12-13H2,(H2,19,22). The van der Waals surface area contributed by atoms with Gasteiger partial charge in [0.1, 0.15) is 6.61 Å². The van der Waals surface area contributed by atoms with Crippen molar-refractivity contribution in [3.05, 3.63) is 78.0 Å². The van der Waals surface area contributed by atoms with E-state index in [9.17, 15) is 13.2 Å². The van der Waals surface area contributed by atoms with Crippen LogP contribution in [0.1, 0.15) is 11.3 Å². The monoisotopic (exact) mass is 371 g/mol. The molecule has 0 saturated carbocycles. The van der Waals surface area contributed by atoms with E-state index in [0.717, 1.165) is 10.9 Å². The summed E-state index contributed by atoms with van der Waals surface area (Å²) < 4.78 is 25.1. The molecular formula is C18H17N3O4S. The summed E-state index contributed by atoms with van der Waals surface area (Å²) in [5, 5.41) is 0.944. The third-order valence-electron chi connectivity index (χ3n) is 3.61. The average Bonchev–Trinajstić information content (AvgIpc) is 2.61. The number of benzene rings is 2. The highest BCUT2D eigenvalue weighted by Gasteiger charge is 2.27. The third-order valence-corrected chi connectivity index (χ3v) is 5.10. The van der Waals surface area contributed by atoms with E-state index in [0.29, 0.717) is 11.3 Å². The molecule has 1 aromatic heterocycles. The van der Waals surface area contributed by atoms with Crippen LogP contribution in [0.4, 0.5) is 4.79 Å². The summed E-state index contributed by atoms with van der Waals surface area (Å²) in [5.41, 5.74) is 6.93. The number of hydrogen-bond donors (Lipinski definition) is 1. The van der Waals surface area contributed by atoms with Crippen molar-refractivity contribution in [3.63, 3.8) is 0 Å². The molecule has 8 heteroatoms. The van der Waals surface area contributed by atoms with Gasteiger partial charge in [0.05, 0.1) is 17.0 Å². The van der Waals surface area contributed by atoms with E-state index in [-0.39, 0.29) is 11.1 Å². The molecule has 0 bridgehead atoms. The average molecular weight is 371 g/mol. The van der Waals surface area contributed by atoms with Crippen molar-refractivity contribution < 1.29 is 18.0 Å². The summed E-state index contributed by atoms with van der Waals surface area (Å²) in [5.74, 6) is -0.401. The quantitative estimate of drug-likeness (QED) is 0.671. The number of fused-ring (bicyclic) bond motifs is 1. The van der Waals surface area contributed by atoms with Crippen LogP contribution in [-0.2, 0) is 27.2 Å². The number of amides is 2. The molecule has 2 amide bonds. The van der Waals surface area contributed by atoms with Gasteiger partial charge < -0.3 is 5.73 Å². The van der Waals surface area contributed by atoms with E-state index in [1.54, 1.807) is 36.4 Å². The molecule has 3 rings (SSSR count). The molecule has 0 fully saturated rings. The highest BCUT2D eigenvalue weighted by atomic mass is 32.2. The molecule has 2 N–H and O–H groups in total. The molecule has 0 unspecified atom stereocenters. The minimum atomic E-state index is -4.08. The Morgan fingerprint density at radius 2 is 1.69 bits per heavy atom. The number of urea groups is 1. The zero-order valence-corrected chi connectivity index (χ0v) is 14.6. The van der Waals surface area contributed by atoms with E-state index in [2.05, 4.69) is 4.98 Å². The van der Waals surface area contributed by atoms with Crippen LogP contribution >= 0.6 is 0 Å². The van der Waals surface area contributed by atoms with Crippen molar-refractivity contribution in [1.29, 1.82) is 0 Å². The fourth-order valence-corrected chi connectivity index (χ4v) is 3.66. The molecule has 0 spiro atoms. The fourth-order valence-electron chi connectivity index (χ4n) is 2.44. The largest absolute Gasteiger partial charge is 0.353 e. The first-order chi connectivity index (χ1) is 12.5. The maximum Gasteiger partial charge on any atom is 0.353 e. The Bertz CT molecular complexity index is 1020. The number of hydroxylamine groups is 1. The smallest absolute Gasteiger partial charge is 0.349 e. The van der Waals surface area contributed by atoms with Crippen LogP contribution in [0.5, 0.6) is 0 Å². The first kappa shape index (κ1) is 17.8. The lowest BCUT2D eigenvalue weighted by molar-refractivity contribution is -0.0587. The molecule has 1 heterocycles. The van der Waals surface area contributed by atoms with Crippen LogP contribution in [0, 0.1) is 0 Å². The number of carbonyl (C=O) groups is 1. The van der Waals surface area contributed by atoms with Gasteiger partial charge in [-0.1, -0.05) is 59.1 Å². The molecule has 2 aromatic carbocycles. The number of hydrogen-bond acceptors (Lipinski definition) is 5. The minimum Gasteiger partial charge on any atom is -0.349 e. The Hall–Kier alpha value is -2.97. The molecular weight excluding hydrogens is 354 g/mol. The number of nitrogens with two attached hydrogens (primary N) is 1. The predicted molar refractivity (Wildman–Crippen MR) is 97.0 cm³/mol. The van der Waals surface area contributed by atoms with Gasteiger partial charge in [-0.05, 0) is 17.7 Å². The van der Waals surface area contributed by atoms with Gasteiger partial charge in [0, 0.05) is 5.39 Å². The van der Waals surface area contributed by atoms with Crippen LogP contribution in [0.25, 0.3) is 10.9 Å². The topological polar surface area (TPSA) is 103 Å². The van der Waals surface area contributed by atoms with E-state index >= 15 is 0 Å². The summed E-state index contributed by atoms with van der Waals surface area (Å²) in [6.07, 6.45) is 0. The van der Waals surface area contributed by atoms with Crippen LogP contribution in [-0.4, -0.2) is 23.9 Å². The van der Waals surface area contributed by atoms with Gasteiger partial charge in [0.2, 0.25) is 0 Å². The number of rotatable bonds is 6. The van der Waals surface area contributed by atoms with Crippen molar-refractivity contribution in [2.75, 3.05) is 0 Å². The van der Waals surface area contributed by atoms with Crippen LogP contribution in [0.3, 0.4) is 0 Å². The second-order valence-corrected chi connectivity index (χ2v) is 7.36. The fraction of sp³-hybridized carbons (Fsp3) is 0.111. The number of sulfonamides is 1. The van der Waals surface area contributed by atoms with E-state index in [1.165, 1.54) is 0 Å². The zero-order chi connectivity index (χ0) is 18.6. The molecule has 134 valence electrons.